The van der Waals surface area contributed by atoms with Crippen LogP contribution in [-0.2, 0) is 6.61 Å². The highest BCUT2D eigenvalue weighted by Crippen LogP contribution is 2.23. The van der Waals surface area contributed by atoms with Crippen LogP contribution < -0.4 is 10.1 Å². The predicted molar refractivity (Wildman–Crippen MR) is 83.4 cm³/mol. The average Bonchev–Trinajstić information content (AvgIpc) is 2.53. The van der Waals surface area contributed by atoms with Gasteiger partial charge in [-0.05, 0) is 49.2 Å². The van der Waals surface area contributed by atoms with E-state index < -0.39 is 0 Å². The molecule has 0 aliphatic carbocycles. The van der Waals surface area contributed by atoms with Crippen LogP contribution in [0.3, 0.4) is 0 Å². The Morgan fingerprint density at radius 2 is 2.14 bits per heavy atom. The van der Waals surface area contributed by atoms with Gasteiger partial charge < -0.3 is 15.2 Å². The first-order valence-electron chi connectivity index (χ1n) is 7.30. The molecular formula is C17H22N2O2. The summed E-state index contributed by atoms with van der Waals surface area (Å²) in [6.45, 7) is 5.26. The Bertz CT molecular complexity index is 572. The quantitative estimate of drug-likeness (QED) is 0.819. The van der Waals surface area contributed by atoms with Gasteiger partial charge in [-0.1, -0.05) is 19.1 Å². The zero-order chi connectivity index (χ0) is 15.1. The first-order chi connectivity index (χ1) is 10.2. The fraction of sp³-hybridized carbons (Fsp3) is 0.353. The molecule has 0 aliphatic rings. The van der Waals surface area contributed by atoms with Crippen molar-refractivity contribution in [2.75, 3.05) is 6.54 Å². The molecule has 0 spiro atoms. The van der Waals surface area contributed by atoms with E-state index in [0.29, 0.717) is 11.6 Å². The predicted octanol–water partition coefficient (Wildman–Crippen LogP) is 3.43. The second kappa shape index (κ2) is 7.76. The summed E-state index contributed by atoms with van der Waals surface area (Å²) in [4.78, 5) is 4.24. The van der Waals surface area contributed by atoms with Crippen molar-refractivity contribution in [3.8, 4) is 11.6 Å². The third-order valence-corrected chi connectivity index (χ3v) is 3.26. The minimum absolute atomic E-state index is 0.00262. The molecule has 0 saturated carbocycles. The summed E-state index contributed by atoms with van der Waals surface area (Å²) in [6, 6.07) is 11.6. The molecule has 2 aromatic rings. The lowest BCUT2D eigenvalue weighted by molar-refractivity contribution is 0.281. The summed E-state index contributed by atoms with van der Waals surface area (Å²) in [5.74, 6) is 1.24. The fourth-order valence-electron chi connectivity index (χ4n) is 2.06. The van der Waals surface area contributed by atoms with Gasteiger partial charge in [-0.15, -0.1) is 0 Å². The van der Waals surface area contributed by atoms with Crippen LogP contribution in [0.15, 0.2) is 42.6 Å². The normalized spacial score (nSPS) is 12.1. The van der Waals surface area contributed by atoms with Gasteiger partial charge in [-0.25, -0.2) is 4.98 Å². The van der Waals surface area contributed by atoms with Crippen LogP contribution in [0.1, 0.15) is 37.4 Å². The smallest absolute Gasteiger partial charge is 0.219 e. The molecule has 1 aromatic carbocycles. The van der Waals surface area contributed by atoms with E-state index in [0.717, 1.165) is 24.1 Å². The van der Waals surface area contributed by atoms with E-state index in [1.54, 1.807) is 6.20 Å². The second-order valence-electron chi connectivity index (χ2n) is 5.01. The molecule has 2 N–H and O–H groups in total. The lowest BCUT2D eigenvalue weighted by Gasteiger charge is -2.14. The van der Waals surface area contributed by atoms with E-state index in [9.17, 15) is 0 Å². The summed E-state index contributed by atoms with van der Waals surface area (Å²) in [7, 11) is 0. The first kappa shape index (κ1) is 15.5. The van der Waals surface area contributed by atoms with Gasteiger partial charge in [0.2, 0.25) is 5.88 Å². The maximum absolute atomic E-state index is 9.15. The molecule has 0 aliphatic heterocycles. The maximum atomic E-state index is 9.15. The van der Waals surface area contributed by atoms with Gasteiger partial charge in [0.05, 0.1) is 6.61 Å². The van der Waals surface area contributed by atoms with E-state index in [4.69, 9.17) is 9.84 Å². The maximum Gasteiger partial charge on any atom is 0.219 e. The molecule has 0 bridgehead atoms. The van der Waals surface area contributed by atoms with Crippen LogP contribution in [0.5, 0.6) is 11.6 Å². The topological polar surface area (TPSA) is 54.4 Å². The van der Waals surface area contributed by atoms with Crippen molar-refractivity contribution in [2.24, 2.45) is 0 Å². The van der Waals surface area contributed by atoms with E-state index >= 15 is 0 Å². The number of hydrogen-bond donors (Lipinski definition) is 2. The van der Waals surface area contributed by atoms with Gasteiger partial charge in [0.15, 0.2) is 0 Å². The molecule has 4 nitrogen and oxygen atoms in total. The van der Waals surface area contributed by atoms with Crippen molar-refractivity contribution in [2.45, 2.75) is 32.9 Å². The molecule has 2 rings (SSSR count). The van der Waals surface area contributed by atoms with Crippen LogP contribution >= 0.6 is 0 Å². The molecule has 0 amide bonds. The molecule has 4 heteroatoms. The van der Waals surface area contributed by atoms with E-state index in [2.05, 4.69) is 24.1 Å². The molecule has 1 heterocycles. The first-order valence-corrected chi connectivity index (χ1v) is 7.30. The average molecular weight is 286 g/mol. The van der Waals surface area contributed by atoms with Crippen molar-refractivity contribution in [1.29, 1.82) is 0 Å². The van der Waals surface area contributed by atoms with Gasteiger partial charge in [-0.3, -0.25) is 0 Å². The number of aliphatic hydroxyl groups excluding tert-OH is 1. The molecule has 1 unspecified atom stereocenters. The van der Waals surface area contributed by atoms with Gasteiger partial charge in [-0.2, -0.15) is 0 Å². The van der Waals surface area contributed by atoms with Gasteiger partial charge in [0, 0.05) is 18.3 Å². The molecule has 0 radical (unpaired) electrons. The summed E-state index contributed by atoms with van der Waals surface area (Å²) < 4.78 is 5.77. The Morgan fingerprint density at radius 3 is 2.90 bits per heavy atom. The molecule has 0 saturated heterocycles. The third-order valence-electron chi connectivity index (χ3n) is 3.26. The number of aliphatic hydroxyl groups is 1. The summed E-state index contributed by atoms with van der Waals surface area (Å²) in [5, 5.41) is 12.6. The summed E-state index contributed by atoms with van der Waals surface area (Å²) in [6.07, 6.45) is 2.86. The van der Waals surface area contributed by atoms with Crippen LogP contribution in [0.4, 0.5) is 0 Å². The molecule has 21 heavy (non-hydrogen) atoms. The highest BCUT2D eigenvalue weighted by Gasteiger charge is 2.07. The highest BCUT2D eigenvalue weighted by atomic mass is 16.5. The third kappa shape index (κ3) is 4.55. The molecule has 1 atom stereocenters. The molecular weight excluding hydrogens is 264 g/mol. The van der Waals surface area contributed by atoms with Gasteiger partial charge >= 0.3 is 0 Å². The minimum Gasteiger partial charge on any atom is -0.439 e. The molecule has 1 aromatic heterocycles. The Kier molecular flexibility index (Phi) is 5.72. The zero-order valence-electron chi connectivity index (χ0n) is 12.5. The minimum atomic E-state index is 0.00262. The van der Waals surface area contributed by atoms with E-state index in [1.165, 1.54) is 0 Å². The summed E-state index contributed by atoms with van der Waals surface area (Å²) in [5.41, 5.74) is 1.97. The van der Waals surface area contributed by atoms with Gasteiger partial charge in [0.1, 0.15) is 5.75 Å². The molecule has 0 fully saturated rings. The highest BCUT2D eigenvalue weighted by molar-refractivity contribution is 5.32. The Balaban J connectivity index is 2.09. The van der Waals surface area contributed by atoms with Crippen molar-refractivity contribution in [3.05, 3.63) is 53.7 Å². The van der Waals surface area contributed by atoms with Crippen LogP contribution in [0.2, 0.25) is 0 Å². The van der Waals surface area contributed by atoms with Gasteiger partial charge in [0.25, 0.3) is 0 Å². The standard InChI is InChI=1S/C17H22N2O2/c1-3-8-18-13(2)15-7-9-19-17(11-15)21-16-6-4-5-14(10-16)12-20/h4-7,9-11,13,18,20H,3,8,12H2,1-2H3. The monoisotopic (exact) mass is 286 g/mol. The van der Waals surface area contributed by atoms with E-state index in [1.807, 2.05) is 36.4 Å². The number of hydrogen-bond acceptors (Lipinski definition) is 4. The number of aromatic nitrogens is 1. The van der Waals surface area contributed by atoms with Crippen LogP contribution in [0.25, 0.3) is 0 Å². The SMILES string of the molecule is CCCNC(C)c1ccnc(Oc2cccc(CO)c2)c1. The van der Waals surface area contributed by atoms with Crippen LogP contribution in [0, 0.1) is 0 Å². The van der Waals surface area contributed by atoms with Crippen molar-refractivity contribution in [1.82, 2.24) is 10.3 Å². The number of nitrogens with zero attached hydrogens (tertiary/aromatic N) is 1. The van der Waals surface area contributed by atoms with Crippen molar-refractivity contribution < 1.29 is 9.84 Å². The number of rotatable bonds is 7. The van der Waals surface area contributed by atoms with Crippen molar-refractivity contribution >= 4 is 0 Å². The fourth-order valence-corrected chi connectivity index (χ4v) is 2.06. The lowest BCUT2D eigenvalue weighted by Crippen LogP contribution is -2.19. The number of ether oxygens (including phenoxy) is 1. The second-order valence-corrected chi connectivity index (χ2v) is 5.01. The van der Waals surface area contributed by atoms with E-state index in [-0.39, 0.29) is 12.6 Å². The number of nitrogens with one attached hydrogen (secondary N) is 1. The zero-order valence-corrected chi connectivity index (χ0v) is 12.5. The van der Waals surface area contributed by atoms with Crippen molar-refractivity contribution in [3.63, 3.8) is 0 Å². The lowest BCUT2D eigenvalue weighted by atomic mass is 10.1. The summed E-state index contributed by atoms with van der Waals surface area (Å²) >= 11 is 0. The largest absolute Gasteiger partial charge is 0.439 e. The molecule has 112 valence electrons. The number of pyridine rings is 1. The Morgan fingerprint density at radius 1 is 1.29 bits per heavy atom. The Hall–Kier alpha value is -1.91. The Labute approximate surface area is 125 Å². The number of benzene rings is 1. The van der Waals surface area contributed by atoms with Crippen LogP contribution in [-0.4, -0.2) is 16.6 Å².